The molecule has 0 aliphatic carbocycles. The van der Waals surface area contributed by atoms with Gasteiger partial charge in [0.15, 0.2) is 11.5 Å². The molecule has 0 atom stereocenters. The van der Waals surface area contributed by atoms with E-state index in [1.165, 1.54) is 0 Å². The molecule has 3 rings (SSSR count). The van der Waals surface area contributed by atoms with Gasteiger partial charge in [0.1, 0.15) is 0 Å². The number of hydrogen-bond donors (Lipinski definition) is 1. The summed E-state index contributed by atoms with van der Waals surface area (Å²) in [5, 5.41) is 3.81. The lowest BCUT2D eigenvalue weighted by atomic mass is 9.96. The van der Waals surface area contributed by atoms with Crippen molar-refractivity contribution in [2.45, 2.75) is 19.8 Å². The van der Waals surface area contributed by atoms with Crippen LogP contribution >= 0.6 is 11.6 Å². The maximum atomic E-state index is 12.6. The van der Waals surface area contributed by atoms with Crippen LogP contribution in [0.1, 0.15) is 30.1 Å². The fraction of sp³-hybridized carbons (Fsp3) is 0.562. The van der Waals surface area contributed by atoms with E-state index in [1.807, 2.05) is 4.90 Å². The number of nitrogens with zero attached hydrogens (tertiary/aromatic N) is 1. The Balaban J connectivity index is 1.64. The molecule has 1 aromatic carbocycles. The summed E-state index contributed by atoms with van der Waals surface area (Å²) in [4.78, 5) is 14.5. The number of carbonyl (C=O) groups is 1. The molecule has 1 saturated heterocycles. The second-order valence-corrected chi connectivity index (χ2v) is 6.14. The van der Waals surface area contributed by atoms with E-state index in [2.05, 4.69) is 12.2 Å². The van der Waals surface area contributed by atoms with E-state index in [0.29, 0.717) is 28.0 Å². The summed E-state index contributed by atoms with van der Waals surface area (Å²) in [7, 11) is 0. The Morgan fingerprint density at radius 2 is 2.14 bits per heavy atom. The van der Waals surface area contributed by atoms with E-state index in [1.54, 1.807) is 12.1 Å². The molecule has 0 bridgehead atoms. The number of benzene rings is 1. The van der Waals surface area contributed by atoms with Crippen LogP contribution in [0.2, 0.25) is 5.02 Å². The molecule has 1 N–H and O–H groups in total. The number of ether oxygens (including phenoxy) is 2. The average molecular weight is 325 g/mol. The summed E-state index contributed by atoms with van der Waals surface area (Å²) in [5.74, 6) is 1.76. The number of hydrogen-bond acceptors (Lipinski definition) is 4. The average Bonchev–Trinajstić information content (AvgIpc) is 3.02. The summed E-state index contributed by atoms with van der Waals surface area (Å²) < 4.78 is 10.6. The molecule has 0 spiro atoms. The molecule has 0 aromatic heterocycles. The van der Waals surface area contributed by atoms with Crippen LogP contribution in [0, 0.1) is 5.92 Å². The molecule has 120 valence electrons. The first-order chi connectivity index (χ1) is 10.7. The number of likely N-dealkylation sites (tertiary alicyclic amines) is 1. The molecule has 1 amide bonds. The molecule has 22 heavy (non-hydrogen) atoms. The van der Waals surface area contributed by atoms with Crippen LogP contribution in [0.15, 0.2) is 12.1 Å². The van der Waals surface area contributed by atoms with Crippen molar-refractivity contribution < 1.29 is 14.3 Å². The Morgan fingerprint density at radius 1 is 1.36 bits per heavy atom. The van der Waals surface area contributed by atoms with Crippen LogP contribution in [0.5, 0.6) is 11.5 Å². The van der Waals surface area contributed by atoms with Crippen molar-refractivity contribution in [1.82, 2.24) is 10.2 Å². The van der Waals surface area contributed by atoms with Crippen molar-refractivity contribution in [3.63, 3.8) is 0 Å². The lowest BCUT2D eigenvalue weighted by Gasteiger charge is -2.32. The highest BCUT2D eigenvalue weighted by Gasteiger charge is 2.26. The number of piperidine rings is 1. The first kappa shape index (κ1) is 15.4. The molecule has 5 nitrogen and oxygen atoms in total. The highest BCUT2D eigenvalue weighted by atomic mass is 35.5. The lowest BCUT2D eigenvalue weighted by molar-refractivity contribution is 0.0690. The van der Waals surface area contributed by atoms with E-state index in [9.17, 15) is 4.79 Å². The van der Waals surface area contributed by atoms with Crippen LogP contribution < -0.4 is 14.8 Å². The van der Waals surface area contributed by atoms with Gasteiger partial charge in [0, 0.05) is 18.7 Å². The Hall–Kier alpha value is -1.46. The fourth-order valence-corrected chi connectivity index (χ4v) is 3.23. The van der Waals surface area contributed by atoms with Crippen LogP contribution in [0.25, 0.3) is 0 Å². The zero-order valence-electron chi connectivity index (χ0n) is 12.7. The van der Waals surface area contributed by atoms with Gasteiger partial charge in [0.05, 0.1) is 5.02 Å². The first-order valence-electron chi connectivity index (χ1n) is 7.78. The van der Waals surface area contributed by atoms with Crippen molar-refractivity contribution in [3.05, 3.63) is 22.7 Å². The highest BCUT2D eigenvalue weighted by Crippen LogP contribution is 2.40. The Labute approximate surface area is 135 Å². The quantitative estimate of drug-likeness (QED) is 0.924. The third kappa shape index (κ3) is 3.15. The summed E-state index contributed by atoms with van der Waals surface area (Å²) in [6.45, 7) is 5.88. The Bertz CT molecular complexity index is 557. The topological polar surface area (TPSA) is 50.8 Å². The van der Waals surface area contributed by atoms with Crippen LogP contribution in [-0.2, 0) is 0 Å². The number of carbonyl (C=O) groups excluding carboxylic acids is 1. The maximum absolute atomic E-state index is 12.6. The van der Waals surface area contributed by atoms with E-state index < -0.39 is 0 Å². The number of halogens is 1. The largest absolute Gasteiger partial charge is 0.454 e. The number of nitrogens with one attached hydrogen (secondary N) is 1. The first-order valence-corrected chi connectivity index (χ1v) is 8.16. The van der Waals surface area contributed by atoms with Gasteiger partial charge in [-0.05, 0) is 44.0 Å². The van der Waals surface area contributed by atoms with E-state index in [0.717, 1.165) is 39.0 Å². The predicted molar refractivity (Wildman–Crippen MR) is 84.7 cm³/mol. The molecule has 6 heteroatoms. The Morgan fingerprint density at radius 3 is 2.86 bits per heavy atom. The molecular weight excluding hydrogens is 304 g/mol. The van der Waals surface area contributed by atoms with Crippen LogP contribution in [0.3, 0.4) is 0 Å². The van der Waals surface area contributed by atoms with E-state index in [4.69, 9.17) is 21.1 Å². The van der Waals surface area contributed by atoms with Crippen LogP contribution in [0.4, 0.5) is 0 Å². The van der Waals surface area contributed by atoms with Gasteiger partial charge in [-0.1, -0.05) is 18.5 Å². The van der Waals surface area contributed by atoms with Crippen LogP contribution in [-0.4, -0.2) is 43.8 Å². The van der Waals surface area contributed by atoms with Gasteiger partial charge in [-0.3, -0.25) is 4.79 Å². The minimum absolute atomic E-state index is 0.0158. The molecule has 2 heterocycles. The third-order valence-electron chi connectivity index (χ3n) is 4.26. The summed E-state index contributed by atoms with van der Waals surface area (Å²) in [6, 6.07) is 3.39. The number of fused-ring (bicyclic) bond motifs is 1. The normalized spacial score (nSPS) is 17.8. The van der Waals surface area contributed by atoms with Gasteiger partial charge in [0.2, 0.25) is 6.79 Å². The molecular formula is C16H21ClN2O3. The van der Waals surface area contributed by atoms with Gasteiger partial charge in [-0.15, -0.1) is 0 Å². The maximum Gasteiger partial charge on any atom is 0.254 e. The molecule has 0 radical (unpaired) electrons. The van der Waals surface area contributed by atoms with E-state index >= 15 is 0 Å². The summed E-state index contributed by atoms with van der Waals surface area (Å²) in [6.07, 6.45) is 2.08. The summed E-state index contributed by atoms with van der Waals surface area (Å²) >= 11 is 6.15. The number of amides is 1. The zero-order valence-corrected chi connectivity index (χ0v) is 13.5. The SMILES string of the molecule is CCNCC1CCN(C(=O)c2cc(Cl)c3c(c2)OCO3)CC1. The lowest BCUT2D eigenvalue weighted by Crippen LogP contribution is -2.40. The summed E-state index contributed by atoms with van der Waals surface area (Å²) in [5.41, 5.74) is 0.569. The van der Waals surface area contributed by atoms with Crippen molar-refractivity contribution in [3.8, 4) is 11.5 Å². The zero-order chi connectivity index (χ0) is 15.5. The smallest absolute Gasteiger partial charge is 0.254 e. The van der Waals surface area contributed by atoms with Gasteiger partial charge in [0.25, 0.3) is 5.91 Å². The minimum Gasteiger partial charge on any atom is -0.454 e. The van der Waals surface area contributed by atoms with Crippen molar-refractivity contribution in [2.24, 2.45) is 5.92 Å². The van der Waals surface area contributed by atoms with Gasteiger partial charge < -0.3 is 19.7 Å². The van der Waals surface area contributed by atoms with Gasteiger partial charge in [-0.2, -0.15) is 0 Å². The second-order valence-electron chi connectivity index (χ2n) is 5.74. The van der Waals surface area contributed by atoms with E-state index in [-0.39, 0.29) is 12.7 Å². The predicted octanol–water partition coefficient (Wildman–Crippen LogP) is 2.53. The van der Waals surface area contributed by atoms with Gasteiger partial charge >= 0.3 is 0 Å². The highest BCUT2D eigenvalue weighted by molar-refractivity contribution is 6.32. The van der Waals surface area contributed by atoms with Crippen molar-refractivity contribution in [2.75, 3.05) is 33.0 Å². The molecule has 1 fully saturated rings. The van der Waals surface area contributed by atoms with Crippen molar-refractivity contribution in [1.29, 1.82) is 0 Å². The molecule has 2 aliphatic rings. The molecule has 1 aromatic rings. The fourth-order valence-electron chi connectivity index (χ4n) is 2.96. The molecule has 2 aliphatic heterocycles. The number of rotatable bonds is 4. The molecule has 0 unspecified atom stereocenters. The van der Waals surface area contributed by atoms with Gasteiger partial charge in [-0.25, -0.2) is 0 Å². The minimum atomic E-state index is 0.0158. The standard InChI is InChI=1S/C16H21ClN2O3/c1-2-18-9-11-3-5-19(6-4-11)16(20)12-7-13(17)15-14(8-12)21-10-22-15/h7-8,11,18H,2-6,9-10H2,1H3. The Kier molecular flexibility index (Phi) is 4.74. The second kappa shape index (κ2) is 6.75. The van der Waals surface area contributed by atoms with Crippen molar-refractivity contribution >= 4 is 17.5 Å². The third-order valence-corrected chi connectivity index (χ3v) is 4.54. The monoisotopic (exact) mass is 324 g/mol. The molecule has 0 saturated carbocycles.